The first-order valence-corrected chi connectivity index (χ1v) is 9.05. The Kier molecular flexibility index (Phi) is 3.69. The topological polar surface area (TPSA) is 56.8 Å². The second-order valence-electron chi connectivity index (χ2n) is 7.01. The molecule has 5 heteroatoms. The molecule has 0 bridgehead atoms. The van der Waals surface area contributed by atoms with E-state index >= 15 is 0 Å². The van der Waals surface area contributed by atoms with Crippen molar-refractivity contribution in [2.45, 2.75) is 20.0 Å². The second-order valence-corrected chi connectivity index (χ2v) is 7.01. The summed E-state index contributed by atoms with van der Waals surface area (Å²) >= 11 is 0. The summed E-state index contributed by atoms with van der Waals surface area (Å²) in [5.41, 5.74) is 3.39. The smallest absolute Gasteiger partial charge is 0.344 e. The zero-order valence-electron chi connectivity index (χ0n) is 15.0. The second kappa shape index (κ2) is 6.21. The van der Waals surface area contributed by atoms with Crippen LogP contribution in [0, 0.1) is 6.92 Å². The van der Waals surface area contributed by atoms with Crippen molar-refractivity contribution < 1.29 is 14.1 Å². The summed E-state index contributed by atoms with van der Waals surface area (Å²) in [6, 6.07) is 15.7. The zero-order valence-corrected chi connectivity index (χ0v) is 15.0. The average Bonchev–Trinajstić information content (AvgIpc) is 2.70. The molecular formula is C22H19N2O3+. The van der Waals surface area contributed by atoms with Crippen molar-refractivity contribution in [2.75, 3.05) is 6.73 Å². The summed E-state index contributed by atoms with van der Waals surface area (Å²) in [5.74, 6) is 0.839. The van der Waals surface area contributed by atoms with Gasteiger partial charge in [0.1, 0.15) is 24.4 Å². The first-order chi connectivity index (χ1) is 13.2. The van der Waals surface area contributed by atoms with Crippen LogP contribution in [0.25, 0.3) is 21.7 Å². The predicted molar refractivity (Wildman–Crippen MR) is 103 cm³/mol. The van der Waals surface area contributed by atoms with Gasteiger partial charge in [0, 0.05) is 22.7 Å². The molecule has 0 saturated heterocycles. The first kappa shape index (κ1) is 16.0. The first-order valence-electron chi connectivity index (χ1n) is 9.05. The lowest BCUT2D eigenvalue weighted by molar-refractivity contribution is -0.946. The van der Waals surface area contributed by atoms with E-state index in [2.05, 4.69) is 11.1 Å². The van der Waals surface area contributed by atoms with Crippen molar-refractivity contribution >= 4 is 21.7 Å². The van der Waals surface area contributed by atoms with Crippen LogP contribution >= 0.6 is 0 Å². The van der Waals surface area contributed by atoms with E-state index in [4.69, 9.17) is 9.15 Å². The Morgan fingerprint density at radius 1 is 1.07 bits per heavy atom. The molecule has 3 heterocycles. The van der Waals surface area contributed by atoms with Gasteiger partial charge in [-0.1, -0.05) is 24.3 Å². The number of benzene rings is 2. The van der Waals surface area contributed by atoms with E-state index in [1.807, 2.05) is 55.6 Å². The summed E-state index contributed by atoms with van der Waals surface area (Å²) in [4.78, 5) is 18.1. The van der Waals surface area contributed by atoms with Gasteiger partial charge in [-0.3, -0.25) is 9.88 Å². The maximum atomic E-state index is 12.3. The fourth-order valence-electron chi connectivity index (χ4n) is 3.93. The van der Waals surface area contributed by atoms with Crippen LogP contribution in [0.4, 0.5) is 0 Å². The largest absolute Gasteiger partial charge is 0.444 e. The van der Waals surface area contributed by atoms with Gasteiger partial charge in [0.25, 0.3) is 0 Å². The molecule has 5 nitrogen and oxygen atoms in total. The molecule has 0 aliphatic carbocycles. The summed E-state index contributed by atoms with van der Waals surface area (Å²) in [7, 11) is 0. The van der Waals surface area contributed by atoms with Crippen LogP contribution < -0.4 is 15.3 Å². The molecule has 1 aliphatic rings. The van der Waals surface area contributed by atoms with E-state index < -0.39 is 0 Å². The lowest BCUT2D eigenvalue weighted by Crippen LogP contribution is -3.11. The monoisotopic (exact) mass is 359 g/mol. The van der Waals surface area contributed by atoms with Crippen molar-refractivity contribution in [2.24, 2.45) is 0 Å². The standard InChI is InChI=1S/C22H18N2O3/c1-14-20-15(11-24(13-26-20)12-16-6-4-5-9-23-16)10-19-17-7-2-3-8-18(17)22(25)27-21(14)19/h2-10H,11-13H2,1H3/p+1. The molecule has 5 rings (SSSR count). The number of nitrogens with one attached hydrogen (secondary N) is 1. The number of aromatic nitrogens is 1. The number of ether oxygens (including phenoxy) is 1. The molecular weight excluding hydrogens is 340 g/mol. The van der Waals surface area contributed by atoms with Crippen LogP contribution in [-0.2, 0) is 13.1 Å². The fourth-order valence-corrected chi connectivity index (χ4v) is 3.93. The molecule has 0 saturated carbocycles. The van der Waals surface area contributed by atoms with Gasteiger partial charge in [0.15, 0.2) is 0 Å². The molecule has 1 N–H and O–H groups in total. The summed E-state index contributed by atoms with van der Waals surface area (Å²) < 4.78 is 11.7. The number of nitrogens with zero attached hydrogens (tertiary/aromatic N) is 1. The van der Waals surface area contributed by atoms with Gasteiger partial charge in [0.05, 0.1) is 11.1 Å². The SMILES string of the molecule is Cc1c2c(cc3c1oc(=O)c1ccccc13)C[NH+](Cc1ccccn1)CO2. The normalized spacial score (nSPS) is 16.3. The van der Waals surface area contributed by atoms with Gasteiger partial charge in [-0.05, 0) is 36.6 Å². The molecule has 27 heavy (non-hydrogen) atoms. The highest BCUT2D eigenvalue weighted by atomic mass is 16.5. The maximum absolute atomic E-state index is 12.3. The van der Waals surface area contributed by atoms with E-state index in [9.17, 15) is 4.79 Å². The Hall–Kier alpha value is -3.18. The minimum absolute atomic E-state index is 0.306. The van der Waals surface area contributed by atoms with Crippen molar-refractivity contribution in [3.05, 3.63) is 82.0 Å². The van der Waals surface area contributed by atoms with Crippen LogP contribution in [0.5, 0.6) is 5.75 Å². The molecule has 1 unspecified atom stereocenters. The number of aryl methyl sites for hydroxylation is 1. The van der Waals surface area contributed by atoms with Crippen LogP contribution in [0.15, 0.2) is 63.9 Å². The molecule has 0 amide bonds. The number of hydrogen-bond donors (Lipinski definition) is 1. The molecule has 1 aliphatic heterocycles. The Morgan fingerprint density at radius 3 is 2.70 bits per heavy atom. The lowest BCUT2D eigenvalue weighted by atomic mass is 10.00. The maximum Gasteiger partial charge on any atom is 0.344 e. The molecule has 4 aromatic rings. The molecule has 1 atom stereocenters. The van der Waals surface area contributed by atoms with E-state index in [1.54, 1.807) is 0 Å². The Balaban J connectivity index is 1.62. The molecule has 134 valence electrons. The highest BCUT2D eigenvalue weighted by molar-refractivity contribution is 6.06. The molecule has 2 aromatic carbocycles. The van der Waals surface area contributed by atoms with Crippen LogP contribution in [0.2, 0.25) is 0 Å². The zero-order chi connectivity index (χ0) is 18.4. The molecule has 0 radical (unpaired) electrons. The van der Waals surface area contributed by atoms with Gasteiger partial charge < -0.3 is 9.15 Å². The fraction of sp³-hybridized carbons (Fsp3) is 0.182. The van der Waals surface area contributed by atoms with Crippen LogP contribution in [0.3, 0.4) is 0 Å². The quantitative estimate of drug-likeness (QED) is 0.442. The van der Waals surface area contributed by atoms with Crippen molar-refractivity contribution in [3.63, 3.8) is 0 Å². The third-order valence-corrected chi connectivity index (χ3v) is 5.19. The minimum Gasteiger partial charge on any atom is -0.444 e. The van der Waals surface area contributed by atoms with Crippen molar-refractivity contribution in [1.29, 1.82) is 0 Å². The van der Waals surface area contributed by atoms with Gasteiger partial charge in [-0.15, -0.1) is 0 Å². The van der Waals surface area contributed by atoms with Gasteiger partial charge in [-0.25, -0.2) is 4.79 Å². The average molecular weight is 359 g/mol. The number of quaternary nitrogens is 1. The van der Waals surface area contributed by atoms with Gasteiger partial charge in [-0.2, -0.15) is 0 Å². The summed E-state index contributed by atoms with van der Waals surface area (Å²) in [5, 5.41) is 2.49. The third-order valence-electron chi connectivity index (χ3n) is 5.19. The number of pyridine rings is 1. The highest BCUT2D eigenvalue weighted by Crippen LogP contribution is 2.34. The molecule has 0 fully saturated rings. The van der Waals surface area contributed by atoms with Crippen LogP contribution in [0.1, 0.15) is 16.8 Å². The van der Waals surface area contributed by atoms with E-state index in [0.717, 1.165) is 46.4 Å². The number of fused-ring (bicyclic) bond motifs is 4. The summed E-state index contributed by atoms with van der Waals surface area (Å²) in [6.07, 6.45) is 1.82. The van der Waals surface area contributed by atoms with Gasteiger partial charge >= 0.3 is 5.63 Å². The lowest BCUT2D eigenvalue weighted by Gasteiger charge is -2.27. The van der Waals surface area contributed by atoms with Crippen molar-refractivity contribution in [3.8, 4) is 5.75 Å². The third kappa shape index (κ3) is 2.67. The predicted octanol–water partition coefficient (Wildman–Crippen LogP) is 2.58. The Morgan fingerprint density at radius 2 is 1.89 bits per heavy atom. The van der Waals surface area contributed by atoms with E-state index in [-0.39, 0.29) is 5.63 Å². The van der Waals surface area contributed by atoms with Crippen LogP contribution in [-0.4, -0.2) is 11.7 Å². The molecule has 0 spiro atoms. The van der Waals surface area contributed by atoms with Crippen molar-refractivity contribution in [1.82, 2.24) is 4.98 Å². The minimum atomic E-state index is -0.306. The highest BCUT2D eigenvalue weighted by Gasteiger charge is 2.25. The Bertz CT molecular complexity index is 1220. The van der Waals surface area contributed by atoms with E-state index in [0.29, 0.717) is 17.7 Å². The van der Waals surface area contributed by atoms with Gasteiger partial charge in [0.2, 0.25) is 6.73 Å². The number of rotatable bonds is 2. The summed E-state index contributed by atoms with van der Waals surface area (Å²) in [6.45, 7) is 4.18. The number of hydrogen-bond acceptors (Lipinski definition) is 4. The van der Waals surface area contributed by atoms with E-state index in [1.165, 1.54) is 4.90 Å². The Labute approximate surface area is 155 Å². The molecule has 2 aromatic heterocycles.